The molecule has 0 bridgehead atoms. The van der Waals surface area contributed by atoms with Crippen molar-refractivity contribution in [1.29, 1.82) is 0 Å². The van der Waals surface area contributed by atoms with Crippen molar-refractivity contribution in [2.45, 2.75) is 26.2 Å². The molecule has 0 spiro atoms. The Balaban J connectivity index is 1.39. The highest BCUT2D eigenvalue weighted by Crippen LogP contribution is 2.36. The van der Waals surface area contributed by atoms with Gasteiger partial charge in [0.15, 0.2) is 11.6 Å². The van der Waals surface area contributed by atoms with Gasteiger partial charge in [-0.05, 0) is 67.6 Å². The van der Waals surface area contributed by atoms with Gasteiger partial charge in [0.1, 0.15) is 6.61 Å². The first-order valence-electron chi connectivity index (χ1n) is 10.8. The summed E-state index contributed by atoms with van der Waals surface area (Å²) in [5, 5.41) is 1.62. The Labute approximate surface area is 188 Å². The minimum Gasteiger partial charge on any atom is -0.482 e. The summed E-state index contributed by atoms with van der Waals surface area (Å²) in [4.78, 5) is 7.42. The third kappa shape index (κ3) is 3.95. The highest BCUT2D eigenvalue weighted by molar-refractivity contribution is 6.31. The van der Waals surface area contributed by atoms with Crippen LogP contribution in [0, 0.1) is 6.92 Å². The van der Waals surface area contributed by atoms with Crippen molar-refractivity contribution in [2.75, 3.05) is 49.1 Å². The topological polar surface area (TPSA) is 22.2 Å². The Bertz CT molecular complexity index is 976. The summed E-state index contributed by atoms with van der Waals surface area (Å²) < 4.78 is 5.74. The van der Waals surface area contributed by atoms with Gasteiger partial charge in [-0.15, -0.1) is 0 Å². The zero-order valence-electron chi connectivity index (χ0n) is 17.3. The third-order valence-electron chi connectivity index (χ3n) is 6.29. The average Bonchev–Trinajstić information content (AvgIpc) is 3.59. The van der Waals surface area contributed by atoms with Crippen LogP contribution < -0.4 is 9.80 Å². The van der Waals surface area contributed by atoms with Crippen LogP contribution in [0.5, 0.6) is 0 Å². The summed E-state index contributed by atoms with van der Waals surface area (Å²) in [6, 6.07) is 12.5. The van der Waals surface area contributed by atoms with Crippen LogP contribution in [0.1, 0.15) is 24.0 Å². The van der Waals surface area contributed by atoms with E-state index in [9.17, 15) is 0 Å². The first-order chi connectivity index (χ1) is 14.6. The van der Waals surface area contributed by atoms with Crippen LogP contribution >= 0.6 is 23.2 Å². The molecule has 158 valence electrons. The van der Waals surface area contributed by atoms with Gasteiger partial charge in [-0.1, -0.05) is 29.3 Å². The van der Waals surface area contributed by atoms with Crippen molar-refractivity contribution >= 4 is 34.6 Å². The standard InChI is InChI=1S/C24H27Cl2N3O/c1-17-5-6-20(26)15-22(17)27-10-12-28(13-11-27)24(23-16-30-23)29-9-3-2-4-18-14-19(25)7-8-21(18)29/h5-8,14-15H,2-4,9-13,16H2,1H3. The van der Waals surface area contributed by atoms with Gasteiger partial charge < -0.3 is 19.4 Å². The Morgan fingerprint density at radius 3 is 2.37 bits per heavy atom. The SMILES string of the molecule is Cc1ccc(Cl)cc1N1CCN(C(=C2CO2)N2CCCCc3cc(Cl)ccc32)CC1. The van der Waals surface area contributed by atoms with Crippen LogP contribution in [0.3, 0.4) is 0 Å². The van der Waals surface area contributed by atoms with E-state index in [-0.39, 0.29) is 0 Å². The molecule has 5 rings (SSSR count). The van der Waals surface area contributed by atoms with E-state index in [2.05, 4.69) is 45.9 Å². The highest BCUT2D eigenvalue weighted by atomic mass is 35.5. The summed E-state index contributed by atoms with van der Waals surface area (Å²) in [7, 11) is 0. The second-order valence-corrected chi connectivity index (χ2v) is 9.20. The summed E-state index contributed by atoms with van der Waals surface area (Å²) in [5.41, 5.74) is 5.14. The van der Waals surface area contributed by atoms with Gasteiger partial charge in [0, 0.05) is 54.1 Å². The summed E-state index contributed by atoms with van der Waals surface area (Å²) in [5.74, 6) is 2.37. The molecule has 0 aliphatic carbocycles. The quantitative estimate of drug-likeness (QED) is 0.586. The molecule has 3 heterocycles. The number of nitrogens with zero attached hydrogens (tertiary/aromatic N) is 3. The fourth-order valence-corrected chi connectivity index (χ4v) is 5.05. The lowest BCUT2D eigenvalue weighted by molar-refractivity contribution is 0.304. The van der Waals surface area contributed by atoms with Gasteiger partial charge >= 0.3 is 0 Å². The van der Waals surface area contributed by atoms with Gasteiger partial charge in [0.2, 0.25) is 0 Å². The zero-order chi connectivity index (χ0) is 20.7. The molecule has 0 aromatic heterocycles. The van der Waals surface area contributed by atoms with Crippen LogP contribution in [0.4, 0.5) is 11.4 Å². The van der Waals surface area contributed by atoms with Crippen molar-refractivity contribution in [1.82, 2.24) is 4.90 Å². The van der Waals surface area contributed by atoms with Crippen molar-refractivity contribution in [3.8, 4) is 0 Å². The van der Waals surface area contributed by atoms with Crippen molar-refractivity contribution in [3.63, 3.8) is 0 Å². The van der Waals surface area contributed by atoms with Crippen LogP contribution in [-0.2, 0) is 11.2 Å². The number of aryl methyl sites for hydroxylation is 2. The number of epoxide rings is 1. The zero-order valence-corrected chi connectivity index (χ0v) is 18.8. The number of hydrogen-bond acceptors (Lipinski definition) is 4. The number of ether oxygens (including phenoxy) is 1. The van der Waals surface area contributed by atoms with Crippen LogP contribution in [0.2, 0.25) is 10.0 Å². The van der Waals surface area contributed by atoms with E-state index in [1.165, 1.54) is 41.2 Å². The molecule has 0 unspecified atom stereocenters. The Morgan fingerprint density at radius 1 is 0.867 bits per heavy atom. The smallest absolute Gasteiger partial charge is 0.175 e. The van der Waals surface area contributed by atoms with Gasteiger partial charge in [-0.2, -0.15) is 0 Å². The maximum atomic E-state index is 6.30. The second kappa shape index (κ2) is 8.24. The fraction of sp³-hybridized carbons (Fsp3) is 0.417. The maximum Gasteiger partial charge on any atom is 0.175 e. The van der Waals surface area contributed by atoms with E-state index in [1.807, 2.05) is 12.1 Å². The summed E-state index contributed by atoms with van der Waals surface area (Å²) in [6.45, 7) is 7.79. The molecule has 6 heteroatoms. The molecule has 2 fully saturated rings. The molecular formula is C24H27Cl2N3O. The van der Waals surface area contributed by atoms with E-state index in [1.54, 1.807) is 0 Å². The fourth-order valence-electron chi connectivity index (χ4n) is 4.69. The van der Waals surface area contributed by atoms with Crippen LogP contribution in [0.15, 0.2) is 48.0 Å². The van der Waals surface area contributed by atoms with E-state index in [4.69, 9.17) is 27.9 Å². The lowest BCUT2D eigenvalue weighted by atomic mass is 10.1. The Kier molecular flexibility index (Phi) is 5.46. The lowest BCUT2D eigenvalue weighted by Gasteiger charge is -2.42. The average molecular weight is 444 g/mol. The van der Waals surface area contributed by atoms with Crippen LogP contribution in [-0.4, -0.2) is 44.2 Å². The molecule has 0 saturated carbocycles. The molecule has 2 aromatic carbocycles. The van der Waals surface area contributed by atoms with Crippen molar-refractivity contribution < 1.29 is 4.74 Å². The molecule has 3 aliphatic heterocycles. The Morgan fingerprint density at radius 2 is 1.60 bits per heavy atom. The predicted octanol–water partition coefficient (Wildman–Crippen LogP) is 5.47. The second-order valence-electron chi connectivity index (χ2n) is 8.32. The molecular weight excluding hydrogens is 417 g/mol. The monoisotopic (exact) mass is 443 g/mol. The number of benzene rings is 2. The highest BCUT2D eigenvalue weighted by Gasteiger charge is 2.33. The molecule has 0 N–H and O–H groups in total. The molecule has 0 amide bonds. The van der Waals surface area contributed by atoms with Gasteiger partial charge in [0.25, 0.3) is 0 Å². The minimum atomic E-state index is 0.738. The van der Waals surface area contributed by atoms with Gasteiger partial charge in [-0.25, -0.2) is 0 Å². The van der Waals surface area contributed by atoms with Crippen molar-refractivity contribution in [2.24, 2.45) is 0 Å². The maximum absolute atomic E-state index is 6.30. The van der Waals surface area contributed by atoms with E-state index < -0.39 is 0 Å². The van der Waals surface area contributed by atoms with Crippen molar-refractivity contribution in [3.05, 3.63) is 69.2 Å². The molecule has 2 saturated heterocycles. The first kappa shape index (κ1) is 19.9. The third-order valence-corrected chi connectivity index (χ3v) is 6.77. The largest absolute Gasteiger partial charge is 0.482 e. The van der Waals surface area contributed by atoms with E-state index >= 15 is 0 Å². The Hall–Kier alpha value is -2.04. The molecule has 4 nitrogen and oxygen atoms in total. The number of fused-ring (bicyclic) bond motifs is 1. The number of anilines is 2. The molecule has 0 radical (unpaired) electrons. The number of piperazine rings is 1. The van der Waals surface area contributed by atoms with Gasteiger partial charge in [-0.3, -0.25) is 0 Å². The van der Waals surface area contributed by atoms with Crippen LogP contribution in [0.25, 0.3) is 0 Å². The van der Waals surface area contributed by atoms with Gasteiger partial charge in [0.05, 0.1) is 0 Å². The summed E-state index contributed by atoms with van der Waals surface area (Å²) in [6.07, 6.45) is 3.44. The number of hydrogen-bond donors (Lipinski definition) is 0. The molecule has 3 aliphatic rings. The lowest BCUT2D eigenvalue weighted by Crippen LogP contribution is -2.49. The predicted molar refractivity (Wildman–Crippen MR) is 125 cm³/mol. The minimum absolute atomic E-state index is 0.738. The number of halogens is 2. The molecule has 2 aromatic rings. The normalized spacial score (nSPS) is 20.4. The summed E-state index contributed by atoms with van der Waals surface area (Å²) >= 11 is 12.6. The number of rotatable bonds is 3. The van der Waals surface area contributed by atoms with E-state index in [0.717, 1.165) is 61.6 Å². The first-order valence-corrected chi connectivity index (χ1v) is 11.5. The van der Waals surface area contributed by atoms with E-state index in [0.29, 0.717) is 0 Å². The molecule has 0 atom stereocenters. The molecule has 30 heavy (non-hydrogen) atoms.